The molecular weight excluding hydrogens is 417 g/mol. The Hall–Kier alpha value is -2.45. The van der Waals surface area contributed by atoms with Gasteiger partial charge in [0.05, 0.1) is 10.8 Å². The SMILES string of the molecule is CCN(CC)c1ccc(CNC(=O)[C@H]2CCCN(S(=O)(=O)c3ccc(F)cc3)C2)cc1. The quantitative estimate of drug-likeness (QED) is 0.674. The zero-order valence-corrected chi connectivity index (χ0v) is 18.9. The summed E-state index contributed by atoms with van der Waals surface area (Å²) in [6, 6.07) is 12.9. The van der Waals surface area contributed by atoms with Crippen LogP contribution >= 0.6 is 0 Å². The molecule has 1 N–H and O–H groups in total. The van der Waals surface area contributed by atoms with Gasteiger partial charge in [0.25, 0.3) is 0 Å². The van der Waals surface area contributed by atoms with Crippen LogP contribution in [0, 0.1) is 11.7 Å². The van der Waals surface area contributed by atoms with Gasteiger partial charge in [-0.25, -0.2) is 12.8 Å². The first-order chi connectivity index (χ1) is 14.8. The van der Waals surface area contributed by atoms with Crippen LogP contribution in [0.4, 0.5) is 10.1 Å². The fourth-order valence-electron chi connectivity index (χ4n) is 3.88. The molecule has 1 amide bonds. The monoisotopic (exact) mass is 447 g/mol. The molecule has 1 saturated heterocycles. The molecule has 1 atom stereocenters. The first kappa shape index (κ1) is 23.2. The van der Waals surface area contributed by atoms with Crippen LogP contribution in [0.3, 0.4) is 0 Å². The zero-order chi connectivity index (χ0) is 22.4. The van der Waals surface area contributed by atoms with Crippen molar-refractivity contribution in [3.63, 3.8) is 0 Å². The molecule has 0 unspecified atom stereocenters. The van der Waals surface area contributed by atoms with Gasteiger partial charge >= 0.3 is 0 Å². The summed E-state index contributed by atoms with van der Waals surface area (Å²) < 4.78 is 40.2. The molecule has 8 heteroatoms. The topological polar surface area (TPSA) is 69.7 Å². The number of benzene rings is 2. The number of rotatable bonds is 8. The molecule has 2 aromatic carbocycles. The smallest absolute Gasteiger partial charge is 0.243 e. The predicted octanol–water partition coefficient (Wildman–Crippen LogP) is 3.39. The molecule has 168 valence electrons. The van der Waals surface area contributed by atoms with E-state index in [1.54, 1.807) is 0 Å². The maximum Gasteiger partial charge on any atom is 0.243 e. The van der Waals surface area contributed by atoms with Crippen molar-refractivity contribution in [2.75, 3.05) is 31.1 Å². The second-order valence-corrected chi connectivity index (χ2v) is 9.65. The van der Waals surface area contributed by atoms with Crippen LogP contribution in [-0.2, 0) is 21.4 Å². The third kappa shape index (κ3) is 5.62. The van der Waals surface area contributed by atoms with E-state index in [-0.39, 0.29) is 17.3 Å². The number of amides is 1. The normalized spacial score (nSPS) is 17.3. The zero-order valence-electron chi connectivity index (χ0n) is 18.1. The summed E-state index contributed by atoms with van der Waals surface area (Å²) >= 11 is 0. The number of nitrogens with zero attached hydrogens (tertiary/aromatic N) is 2. The fourth-order valence-corrected chi connectivity index (χ4v) is 5.40. The molecule has 0 aromatic heterocycles. The Bertz CT molecular complexity index is 974. The number of carbonyl (C=O) groups is 1. The Morgan fingerprint density at radius 2 is 1.74 bits per heavy atom. The molecule has 31 heavy (non-hydrogen) atoms. The number of hydrogen-bond acceptors (Lipinski definition) is 4. The second kappa shape index (κ2) is 10.2. The van der Waals surface area contributed by atoms with Gasteiger partial charge < -0.3 is 10.2 Å². The third-order valence-electron chi connectivity index (χ3n) is 5.74. The maximum atomic E-state index is 13.1. The molecule has 2 aromatic rings. The largest absolute Gasteiger partial charge is 0.372 e. The molecule has 0 spiro atoms. The van der Waals surface area contributed by atoms with Crippen molar-refractivity contribution in [3.8, 4) is 0 Å². The van der Waals surface area contributed by atoms with Gasteiger partial charge in [0.2, 0.25) is 15.9 Å². The molecule has 0 saturated carbocycles. The third-order valence-corrected chi connectivity index (χ3v) is 7.62. The minimum atomic E-state index is -3.75. The van der Waals surface area contributed by atoms with E-state index in [1.807, 2.05) is 24.3 Å². The Morgan fingerprint density at radius 3 is 2.35 bits per heavy atom. The highest BCUT2D eigenvalue weighted by Crippen LogP contribution is 2.24. The minimum absolute atomic E-state index is 0.0447. The standard InChI is InChI=1S/C23H30FN3O3S/c1-3-26(4-2)21-11-7-18(8-12-21)16-25-23(28)19-6-5-15-27(17-19)31(29,30)22-13-9-20(24)10-14-22/h7-14,19H,3-6,15-17H2,1-2H3,(H,25,28)/t19-/m0/s1. The van der Waals surface area contributed by atoms with Crippen molar-refractivity contribution in [2.24, 2.45) is 5.92 Å². The Balaban J connectivity index is 1.59. The highest BCUT2D eigenvalue weighted by Gasteiger charge is 2.33. The summed E-state index contributed by atoms with van der Waals surface area (Å²) in [4.78, 5) is 15.0. The van der Waals surface area contributed by atoms with Gasteiger partial charge in [0.15, 0.2) is 0 Å². The molecule has 0 aliphatic carbocycles. The molecular formula is C23H30FN3O3S. The van der Waals surface area contributed by atoms with E-state index in [1.165, 1.54) is 16.4 Å². The van der Waals surface area contributed by atoms with Gasteiger partial charge in [-0.2, -0.15) is 4.31 Å². The molecule has 0 bridgehead atoms. The van der Waals surface area contributed by atoms with Crippen molar-refractivity contribution in [2.45, 2.75) is 38.1 Å². The molecule has 6 nitrogen and oxygen atoms in total. The van der Waals surface area contributed by atoms with E-state index >= 15 is 0 Å². The number of hydrogen-bond donors (Lipinski definition) is 1. The summed E-state index contributed by atoms with van der Waals surface area (Å²) in [7, 11) is -3.75. The number of sulfonamides is 1. The van der Waals surface area contributed by atoms with Gasteiger partial charge in [-0.3, -0.25) is 4.79 Å². The van der Waals surface area contributed by atoms with Gasteiger partial charge in [-0.1, -0.05) is 12.1 Å². The van der Waals surface area contributed by atoms with E-state index in [2.05, 4.69) is 24.1 Å². The van der Waals surface area contributed by atoms with Gasteiger partial charge in [0, 0.05) is 38.4 Å². The molecule has 0 radical (unpaired) electrons. The lowest BCUT2D eigenvalue weighted by Gasteiger charge is -2.31. The van der Waals surface area contributed by atoms with Gasteiger partial charge in [-0.05, 0) is 68.7 Å². The van der Waals surface area contributed by atoms with Crippen molar-refractivity contribution in [1.82, 2.24) is 9.62 Å². The van der Waals surface area contributed by atoms with Crippen molar-refractivity contribution in [3.05, 3.63) is 59.9 Å². The molecule has 1 heterocycles. The van der Waals surface area contributed by atoms with Crippen LogP contribution in [0.5, 0.6) is 0 Å². The first-order valence-electron chi connectivity index (χ1n) is 10.7. The fraction of sp³-hybridized carbons (Fsp3) is 0.435. The number of nitrogens with one attached hydrogen (secondary N) is 1. The summed E-state index contributed by atoms with van der Waals surface area (Å²) in [5, 5.41) is 2.94. The molecule has 1 fully saturated rings. The van der Waals surface area contributed by atoms with Crippen LogP contribution in [0.2, 0.25) is 0 Å². The lowest BCUT2D eigenvalue weighted by atomic mass is 9.98. The van der Waals surface area contributed by atoms with Crippen LogP contribution in [0.1, 0.15) is 32.3 Å². The van der Waals surface area contributed by atoms with Crippen molar-refractivity contribution >= 4 is 21.6 Å². The summed E-state index contributed by atoms with van der Waals surface area (Å²) in [5.41, 5.74) is 2.14. The number of piperidine rings is 1. The highest BCUT2D eigenvalue weighted by molar-refractivity contribution is 7.89. The lowest BCUT2D eigenvalue weighted by Crippen LogP contribution is -2.45. The first-order valence-corrected chi connectivity index (χ1v) is 12.2. The summed E-state index contributed by atoms with van der Waals surface area (Å²) in [6.07, 6.45) is 1.25. The number of halogens is 1. The maximum absolute atomic E-state index is 13.1. The van der Waals surface area contributed by atoms with E-state index in [0.717, 1.165) is 36.5 Å². The lowest BCUT2D eigenvalue weighted by molar-refractivity contribution is -0.126. The Morgan fingerprint density at radius 1 is 1.10 bits per heavy atom. The number of anilines is 1. The van der Waals surface area contributed by atoms with Crippen molar-refractivity contribution in [1.29, 1.82) is 0 Å². The van der Waals surface area contributed by atoms with Gasteiger partial charge in [0.1, 0.15) is 5.82 Å². The van der Waals surface area contributed by atoms with E-state index in [0.29, 0.717) is 25.9 Å². The Kier molecular flexibility index (Phi) is 7.67. The highest BCUT2D eigenvalue weighted by atomic mass is 32.2. The summed E-state index contributed by atoms with van der Waals surface area (Å²) in [6.45, 7) is 6.99. The van der Waals surface area contributed by atoms with Gasteiger partial charge in [-0.15, -0.1) is 0 Å². The van der Waals surface area contributed by atoms with Crippen LogP contribution in [-0.4, -0.2) is 44.8 Å². The van der Waals surface area contributed by atoms with Crippen molar-refractivity contribution < 1.29 is 17.6 Å². The average Bonchev–Trinajstić information content (AvgIpc) is 2.79. The van der Waals surface area contributed by atoms with E-state index < -0.39 is 21.8 Å². The van der Waals surface area contributed by atoms with Crippen LogP contribution in [0.15, 0.2) is 53.4 Å². The van der Waals surface area contributed by atoms with Crippen LogP contribution in [0.25, 0.3) is 0 Å². The average molecular weight is 448 g/mol. The molecule has 1 aliphatic heterocycles. The molecule has 3 rings (SSSR count). The Labute approximate surface area is 184 Å². The number of carbonyl (C=O) groups excluding carboxylic acids is 1. The van der Waals surface area contributed by atoms with Crippen LogP contribution < -0.4 is 10.2 Å². The van der Waals surface area contributed by atoms with E-state index in [9.17, 15) is 17.6 Å². The second-order valence-electron chi connectivity index (χ2n) is 7.71. The minimum Gasteiger partial charge on any atom is -0.372 e. The molecule has 1 aliphatic rings. The predicted molar refractivity (Wildman–Crippen MR) is 120 cm³/mol. The van der Waals surface area contributed by atoms with E-state index in [4.69, 9.17) is 0 Å². The summed E-state index contributed by atoms with van der Waals surface area (Å²) in [5.74, 6) is -1.04.